The predicted octanol–water partition coefficient (Wildman–Crippen LogP) is 4.61. The number of para-hydroxylation sites is 1. The van der Waals surface area contributed by atoms with Crippen molar-refractivity contribution < 1.29 is 0 Å². The first-order chi connectivity index (χ1) is 9.90. The van der Waals surface area contributed by atoms with Crippen LogP contribution in [0.2, 0.25) is 0 Å². The molecule has 0 bridgehead atoms. The minimum atomic E-state index is 1.12. The average molecular weight is 260 g/mol. The number of aromatic nitrogens is 2. The summed E-state index contributed by atoms with van der Waals surface area (Å²) in [7, 11) is 0. The average Bonchev–Trinajstić information content (AvgIpc) is 2.88. The van der Waals surface area contributed by atoms with E-state index in [1.165, 1.54) is 10.9 Å². The molecule has 2 nitrogen and oxygen atoms in total. The van der Waals surface area contributed by atoms with Crippen molar-refractivity contribution in [3.05, 3.63) is 78.8 Å². The minimum absolute atomic E-state index is 1.12. The number of fused-ring (bicyclic) bond motifs is 1. The van der Waals surface area contributed by atoms with Gasteiger partial charge in [-0.25, -0.2) is 0 Å². The van der Waals surface area contributed by atoms with Gasteiger partial charge in [0.15, 0.2) is 0 Å². The second-order valence-corrected chi connectivity index (χ2v) is 4.57. The number of hydrogen-bond acceptors (Lipinski definition) is 1. The Balaban J connectivity index is 2.19. The normalized spacial score (nSPS) is 11.8. The topological polar surface area (TPSA) is 17.8 Å². The second kappa shape index (κ2) is 5.57. The Morgan fingerprint density at radius 2 is 1.90 bits per heavy atom. The van der Waals surface area contributed by atoms with Crippen molar-refractivity contribution in [3.63, 3.8) is 0 Å². The molecule has 0 saturated carbocycles. The van der Waals surface area contributed by atoms with Gasteiger partial charge in [-0.2, -0.15) is 0 Å². The largest absolute Gasteiger partial charge is 0.314 e. The Morgan fingerprint density at radius 3 is 2.70 bits per heavy atom. The standard InChI is InChI=1S/C18H16N2/c1-2-3-5-8-15-14-20(16-9-6-4-7-10-16)18-13-19-12-11-17(15)18/h2-14H,1H3/b3-2-,8-5-. The first-order valence-electron chi connectivity index (χ1n) is 6.70. The summed E-state index contributed by atoms with van der Waals surface area (Å²) < 4.78 is 2.18. The predicted molar refractivity (Wildman–Crippen MR) is 84.9 cm³/mol. The number of allylic oxidation sites excluding steroid dienone is 3. The van der Waals surface area contributed by atoms with Crippen molar-refractivity contribution >= 4 is 17.0 Å². The number of pyridine rings is 1. The molecule has 0 fully saturated rings. The number of nitrogens with zero attached hydrogens (tertiary/aromatic N) is 2. The Bertz CT molecular complexity index is 764. The summed E-state index contributed by atoms with van der Waals surface area (Å²) in [5.41, 5.74) is 3.47. The van der Waals surface area contributed by atoms with E-state index in [1.807, 2.05) is 49.7 Å². The molecule has 0 saturated heterocycles. The Labute approximate surface area is 118 Å². The first kappa shape index (κ1) is 12.4. The van der Waals surface area contributed by atoms with Crippen molar-refractivity contribution in [2.24, 2.45) is 0 Å². The van der Waals surface area contributed by atoms with E-state index in [0.717, 1.165) is 11.2 Å². The number of hydrogen-bond donors (Lipinski definition) is 0. The third-order valence-electron chi connectivity index (χ3n) is 3.25. The molecule has 0 unspecified atom stereocenters. The molecule has 3 rings (SSSR count). The molecule has 0 N–H and O–H groups in total. The van der Waals surface area contributed by atoms with Gasteiger partial charge in [-0.3, -0.25) is 4.98 Å². The molecule has 0 atom stereocenters. The van der Waals surface area contributed by atoms with Crippen molar-refractivity contribution in [1.82, 2.24) is 9.55 Å². The number of rotatable bonds is 3. The molecule has 0 aliphatic rings. The van der Waals surface area contributed by atoms with E-state index in [2.05, 4.69) is 46.1 Å². The molecular formula is C18H16N2. The van der Waals surface area contributed by atoms with Crippen molar-refractivity contribution in [3.8, 4) is 5.69 Å². The van der Waals surface area contributed by atoms with Crippen LogP contribution in [-0.2, 0) is 0 Å². The van der Waals surface area contributed by atoms with Gasteiger partial charge in [-0.05, 0) is 25.1 Å². The number of benzene rings is 1. The summed E-state index contributed by atoms with van der Waals surface area (Å²) >= 11 is 0. The maximum Gasteiger partial charge on any atom is 0.0718 e. The highest BCUT2D eigenvalue weighted by molar-refractivity contribution is 5.90. The minimum Gasteiger partial charge on any atom is -0.314 e. The van der Waals surface area contributed by atoms with E-state index >= 15 is 0 Å². The molecule has 0 spiro atoms. The Morgan fingerprint density at radius 1 is 1.05 bits per heavy atom. The summed E-state index contributed by atoms with van der Waals surface area (Å²) in [5.74, 6) is 0. The van der Waals surface area contributed by atoms with Crippen LogP contribution in [0.5, 0.6) is 0 Å². The van der Waals surface area contributed by atoms with E-state index < -0.39 is 0 Å². The van der Waals surface area contributed by atoms with Crippen LogP contribution in [-0.4, -0.2) is 9.55 Å². The zero-order valence-electron chi connectivity index (χ0n) is 11.4. The molecule has 3 aromatic rings. The lowest BCUT2D eigenvalue weighted by molar-refractivity contribution is 1.12. The SMILES string of the molecule is C/C=C\C=C/c1cn(-c2ccccc2)c2cnccc12. The van der Waals surface area contributed by atoms with Crippen LogP contribution in [0.3, 0.4) is 0 Å². The van der Waals surface area contributed by atoms with Crippen molar-refractivity contribution in [2.45, 2.75) is 6.92 Å². The van der Waals surface area contributed by atoms with Gasteiger partial charge in [0.1, 0.15) is 0 Å². The Hall–Kier alpha value is -2.61. The smallest absolute Gasteiger partial charge is 0.0718 e. The summed E-state index contributed by atoms with van der Waals surface area (Å²) in [4.78, 5) is 4.25. The summed E-state index contributed by atoms with van der Waals surface area (Å²) in [6.45, 7) is 2.02. The van der Waals surface area contributed by atoms with Crippen LogP contribution in [0.15, 0.2) is 73.2 Å². The van der Waals surface area contributed by atoms with Crippen LogP contribution >= 0.6 is 0 Å². The first-order valence-corrected chi connectivity index (χ1v) is 6.70. The quantitative estimate of drug-likeness (QED) is 0.628. The van der Waals surface area contributed by atoms with Crippen molar-refractivity contribution in [2.75, 3.05) is 0 Å². The maximum absolute atomic E-state index is 4.25. The lowest BCUT2D eigenvalue weighted by atomic mass is 10.2. The summed E-state index contributed by atoms with van der Waals surface area (Å²) in [6, 6.07) is 12.4. The van der Waals surface area contributed by atoms with E-state index in [4.69, 9.17) is 0 Å². The lowest BCUT2D eigenvalue weighted by Crippen LogP contribution is -1.90. The fraction of sp³-hybridized carbons (Fsp3) is 0.0556. The van der Waals surface area contributed by atoms with Gasteiger partial charge in [0.25, 0.3) is 0 Å². The third-order valence-corrected chi connectivity index (χ3v) is 3.25. The van der Waals surface area contributed by atoms with Crippen LogP contribution in [0.1, 0.15) is 12.5 Å². The lowest BCUT2D eigenvalue weighted by Gasteiger charge is -2.03. The van der Waals surface area contributed by atoms with E-state index in [9.17, 15) is 0 Å². The monoisotopic (exact) mass is 260 g/mol. The highest BCUT2D eigenvalue weighted by Crippen LogP contribution is 2.25. The fourth-order valence-corrected chi connectivity index (χ4v) is 2.31. The molecule has 2 aromatic heterocycles. The van der Waals surface area contributed by atoms with Crippen LogP contribution in [0, 0.1) is 0 Å². The van der Waals surface area contributed by atoms with Gasteiger partial charge in [0, 0.05) is 29.0 Å². The van der Waals surface area contributed by atoms with Gasteiger partial charge >= 0.3 is 0 Å². The molecule has 0 radical (unpaired) electrons. The van der Waals surface area contributed by atoms with Gasteiger partial charge in [0.05, 0.1) is 11.7 Å². The molecule has 20 heavy (non-hydrogen) atoms. The highest BCUT2D eigenvalue weighted by Gasteiger charge is 2.07. The van der Waals surface area contributed by atoms with Crippen LogP contribution < -0.4 is 0 Å². The van der Waals surface area contributed by atoms with E-state index in [0.29, 0.717) is 0 Å². The summed E-state index contributed by atoms with van der Waals surface area (Å²) in [6.07, 6.45) is 14.1. The fourth-order valence-electron chi connectivity index (χ4n) is 2.31. The van der Waals surface area contributed by atoms with E-state index in [1.54, 1.807) is 0 Å². The molecule has 2 heterocycles. The maximum atomic E-state index is 4.25. The van der Waals surface area contributed by atoms with Crippen LogP contribution in [0.25, 0.3) is 22.7 Å². The molecule has 0 amide bonds. The van der Waals surface area contributed by atoms with Gasteiger partial charge in [0.2, 0.25) is 0 Å². The van der Waals surface area contributed by atoms with Gasteiger partial charge < -0.3 is 4.57 Å². The van der Waals surface area contributed by atoms with Crippen molar-refractivity contribution in [1.29, 1.82) is 0 Å². The zero-order chi connectivity index (χ0) is 13.8. The molecule has 98 valence electrons. The third kappa shape index (κ3) is 2.28. The molecule has 1 aromatic carbocycles. The van der Waals surface area contributed by atoms with Gasteiger partial charge in [-0.15, -0.1) is 0 Å². The van der Waals surface area contributed by atoms with Gasteiger partial charge in [-0.1, -0.05) is 42.5 Å². The molecule has 2 heteroatoms. The molecule has 0 aliphatic carbocycles. The van der Waals surface area contributed by atoms with Crippen LogP contribution in [0.4, 0.5) is 0 Å². The Kier molecular flexibility index (Phi) is 3.46. The molecule has 0 aliphatic heterocycles. The zero-order valence-corrected chi connectivity index (χ0v) is 11.4. The highest BCUT2D eigenvalue weighted by atomic mass is 15.0. The summed E-state index contributed by atoms with van der Waals surface area (Å²) in [5, 5.41) is 1.21. The molecular weight excluding hydrogens is 244 g/mol. The second-order valence-electron chi connectivity index (χ2n) is 4.57. The van der Waals surface area contributed by atoms with E-state index in [-0.39, 0.29) is 0 Å².